The van der Waals surface area contributed by atoms with Crippen molar-refractivity contribution in [3.63, 3.8) is 0 Å². The topological polar surface area (TPSA) is 63.0 Å². The lowest BCUT2D eigenvalue weighted by atomic mass is 9.95. The van der Waals surface area contributed by atoms with Crippen molar-refractivity contribution in [1.82, 2.24) is 20.1 Å². The van der Waals surface area contributed by atoms with E-state index >= 15 is 4.39 Å². The normalized spacial score (nSPS) is 27.2. The van der Waals surface area contributed by atoms with Gasteiger partial charge in [-0.25, -0.2) is 8.78 Å². The minimum absolute atomic E-state index is 0.0251. The van der Waals surface area contributed by atoms with E-state index in [0.29, 0.717) is 40.0 Å². The van der Waals surface area contributed by atoms with Gasteiger partial charge in [0.2, 0.25) is 0 Å². The summed E-state index contributed by atoms with van der Waals surface area (Å²) in [4.78, 5) is 4.50. The van der Waals surface area contributed by atoms with Crippen LogP contribution in [0.3, 0.4) is 0 Å². The van der Waals surface area contributed by atoms with Gasteiger partial charge >= 0.3 is 0 Å². The Bertz CT molecular complexity index is 1560. The number of halogens is 2. The molecule has 2 saturated carbocycles. The van der Waals surface area contributed by atoms with Gasteiger partial charge in [-0.3, -0.25) is 9.67 Å². The van der Waals surface area contributed by atoms with Crippen molar-refractivity contribution in [2.45, 2.75) is 25.3 Å². The molecule has 0 spiro atoms. The molecule has 0 bridgehead atoms. The van der Waals surface area contributed by atoms with Crippen molar-refractivity contribution < 1.29 is 13.9 Å². The van der Waals surface area contributed by atoms with Crippen LogP contribution in [0.5, 0.6) is 5.75 Å². The number of pyridine rings is 1. The highest BCUT2D eigenvalue weighted by Crippen LogP contribution is 2.57. The molecule has 5 atom stereocenters. The van der Waals surface area contributed by atoms with Gasteiger partial charge in [0.05, 0.1) is 17.3 Å². The van der Waals surface area contributed by atoms with E-state index in [2.05, 4.69) is 23.1 Å². The molecule has 0 amide bonds. The molecule has 2 aliphatic carbocycles. The fourth-order valence-electron chi connectivity index (χ4n) is 6.00. The Hall–Kier alpha value is -3.50. The minimum atomic E-state index is -0.573. The third-order valence-electron chi connectivity index (χ3n) is 7.95. The summed E-state index contributed by atoms with van der Waals surface area (Å²) in [5, 5.41) is 20.3. The maximum absolute atomic E-state index is 16.4. The van der Waals surface area contributed by atoms with Crippen molar-refractivity contribution in [2.75, 3.05) is 13.1 Å². The molecule has 4 aromatic rings. The lowest BCUT2D eigenvalue weighted by molar-refractivity contribution is 0.476. The van der Waals surface area contributed by atoms with Crippen LogP contribution in [0, 0.1) is 41.7 Å². The van der Waals surface area contributed by atoms with E-state index in [-0.39, 0.29) is 28.6 Å². The monoisotopic (exact) mass is 456 g/mol. The maximum atomic E-state index is 16.4. The number of hydrogen-bond donors (Lipinski definition) is 2. The molecule has 1 saturated heterocycles. The summed E-state index contributed by atoms with van der Waals surface area (Å²) in [6.45, 7) is 4.07. The second-order valence-electron chi connectivity index (χ2n) is 9.96. The number of nitrogens with one attached hydrogen (secondary N) is 1. The van der Waals surface area contributed by atoms with Gasteiger partial charge < -0.3 is 10.4 Å². The van der Waals surface area contributed by atoms with Gasteiger partial charge in [-0.05, 0) is 60.8 Å². The van der Waals surface area contributed by atoms with E-state index < -0.39 is 11.6 Å². The summed E-state index contributed by atoms with van der Waals surface area (Å²) < 4.78 is 32.8. The molecule has 5 nitrogen and oxygen atoms in total. The molecule has 2 N–H and O–H groups in total. The minimum Gasteiger partial charge on any atom is -0.508 e. The molecule has 7 rings (SSSR count). The second-order valence-corrected chi connectivity index (χ2v) is 9.96. The number of rotatable bonds is 3. The Morgan fingerprint density at radius 1 is 1.21 bits per heavy atom. The molecular weight excluding hydrogens is 434 g/mol. The van der Waals surface area contributed by atoms with Crippen LogP contribution in [0.4, 0.5) is 8.78 Å². The van der Waals surface area contributed by atoms with Gasteiger partial charge in [-0.2, -0.15) is 5.10 Å². The number of piperidine rings is 1. The van der Waals surface area contributed by atoms with E-state index in [1.54, 1.807) is 6.20 Å². The maximum Gasteiger partial charge on any atom is 0.175 e. The molecule has 2 aromatic carbocycles. The number of hydrogen-bond acceptors (Lipinski definition) is 4. The molecule has 3 aliphatic rings. The van der Waals surface area contributed by atoms with Gasteiger partial charge in [-0.15, -0.1) is 6.42 Å². The third kappa shape index (κ3) is 2.63. The average molecular weight is 456 g/mol. The number of nitrogens with zero attached hydrogens (tertiary/aromatic N) is 3. The number of benzene rings is 2. The SMILES string of the molecule is C#Cc1c(F)ccc2cc(O)cc(-c3ncc4c(C5C6CNC[C@@H]65)nn(C5CC5C)c4c3F)c12. The van der Waals surface area contributed by atoms with Gasteiger partial charge in [-0.1, -0.05) is 18.9 Å². The van der Waals surface area contributed by atoms with E-state index in [0.717, 1.165) is 30.6 Å². The van der Waals surface area contributed by atoms with Crippen LogP contribution in [0.1, 0.15) is 36.6 Å². The van der Waals surface area contributed by atoms with Crippen molar-refractivity contribution in [3.8, 4) is 29.4 Å². The number of phenolic OH excluding ortho intramolecular Hbond substituents is 1. The zero-order chi connectivity index (χ0) is 23.3. The van der Waals surface area contributed by atoms with E-state index in [1.807, 2.05) is 4.68 Å². The first-order chi connectivity index (χ1) is 16.5. The standard InChI is InChI=1S/C27H22F2N4O/c1-3-15-20(28)5-4-13-7-14(34)8-16(22(13)15)26-24(29)27-19(11-31-26)25(23-17-9-30-10-18(17)23)32-33(27)21-6-12(21)2/h1,4-5,7-8,11-12,17-18,21,23,30,34H,6,9-10H2,2H3/t12?,17-,18?,21?,23?/m0/s1. The summed E-state index contributed by atoms with van der Waals surface area (Å²) in [6.07, 6.45) is 8.26. The van der Waals surface area contributed by atoms with Crippen molar-refractivity contribution in [1.29, 1.82) is 0 Å². The first-order valence-corrected chi connectivity index (χ1v) is 11.7. The molecule has 3 heterocycles. The first-order valence-electron chi connectivity index (χ1n) is 11.7. The average Bonchev–Trinajstić information content (AvgIpc) is 3.58. The van der Waals surface area contributed by atoms with Crippen molar-refractivity contribution in [3.05, 3.63) is 53.4 Å². The molecule has 0 radical (unpaired) electrons. The fraction of sp³-hybridized carbons (Fsp3) is 0.333. The summed E-state index contributed by atoms with van der Waals surface area (Å²) >= 11 is 0. The van der Waals surface area contributed by atoms with Gasteiger partial charge in [0.1, 0.15) is 22.8 Å². The van der Waals surface area contributed by atoms with Crippen LogP contribution in [0.25, 0.3) is 32.9 Å². The Labute approximate surface area is 194 Å². The molecule has 170 valence electrons. The molecular formula is C27H22F2N4O. The summed E-state index contributed by atoms with van der Waals surface area (Å²) in [6, 6.07) is 5.82. The number of fused-ring (bicyclic) bond motifs is 3. The van der Waals surface area contributed by atoms with Crippen LogP contribution >= 0.6 is 0 Å². The van der Waals surface area contributed by atoms with E-state index in [4.69, 9.17) is 11.5 Å². The highest BCUT2D eigenvalue weighted by atomic mass is 19.1. The lowest BCUT2D eigenvalue weighted by Gasteiger charge is -2.12. The van der Waals surface area contributed by atoms with Crippen LogP contribution in [-0.4, -0.2) is 33.0 Å². The summed E-state index contributed by atoms with van der Waals surface area (Å²) in [5.74, 6) is 3.08. The first kappa shape index (κ1) is 19.9. The Morgan fingerprint density at radius 3 is 2.68 bits per heavy atom. The van der Waals surface area contributed by atoms with Gasteiger partial charge in [0, 0.05) is 28.5 Å². The van der Waals surface area contributed by atoms with Crippen LogP contribution in [-0.2, 0) is 0 Å². The van der Waals surface area contributed by atoms with E-state index in [9.17, 15) is 9.50 Å². The quantitative estimate of drug-likeness (QED) is 0.438. The zero-order valence-electron chi connectivity index (χ0n) is 18.5. The molecule has 7 heteroatoms. The molecule has 1 aliphatic heterocycles. The number of phenols is 1. The molecule has 2 aromatic heterocycles. The number of terminal acetylenes is 1. The Kier molecular flexibility index (Phi) is 3.97. The Morgan fingerprint density at radius 2 is 1.97 bits per heavy atom. The molecule has 4 unspecified atom stereocenters. The fourth-order valence-corrected chi connectivity index (χ4v) is 6.00. The highest BCUT2D eigenvalue weighted by Gasteiger charge is 2.55. The predicted octanol–water partition coefficient (Wildman–Crippen LogP) is 4.73. The van der Waals surface area contributed by atoms with Gasteiger partial charge in [0.15, 0.2) is 5.82 Å². The molecule has 3 fully saturated rings. The predicted molar refractivity (Wildman–Crippen MR) is 125 cm³/mol. The number of aromatic hydroxyl groups is 1. The summed E-state index contributed by atoms with van der Waals surface area (Å²) in [7, 11) is 0. The largest absolute Gasteiger partial charge is 0.508 e. The van der Waals surface area contributed by atoms with Crippen LogP contribution in [0.15, 0.2) is 30.5 Å². The lowest BCUT2D eigenvalue weighted by Crippen LogP contribution is -2.14. The van der Waals surface area contributed by atoms with Crippen molar-refractivity contribution >= 4 is 21.7 Å². The van der Waals surface area contributed by atoms with Crippen LogP contribution < -0.4 is 5.32 Å². The van der Waals surface area contributed by atoms with Gasteiger partial charge in [0.25, 0.3) is 0 Å². The smallest absolute Gasteiger partial charge is 0.175 e. The third-order valence-corrected chi connectivity index (χ3v) is 7.95. The summed E-state index contributed by atoms with van der Waals surface area (Å²) in [5.41, 5.74) is 1.70. The number of aromatic nitrogens is 3. The van der Waals surface area contributed by atoms with Crippen LogP contribution in [0.2, 0.25) is 0 Å². The molecule has 34 heavy (non-hydrogen) atoms. The zero-order valence-corrected chi connectivity index (χ0v) is 18.5. The second kappa shape index (κ2) is 6.77. The van der Waals surface area contributed by atoms with E-state index in [1.165, 1.54) is 24.3 Å². The Balaban J connectivity index is 1.50. The van der Waals surface area contributed by atoms with Crippen molar-refractivity contribution in [2.24, 2.45) is 17.8 Å². The highest BCUT2D eigenvalue weighted by molar-refractivity contribution is 6.02.